The summed E-state index contributed by atoms with van der Waals surface area (Å²) in [7, 11) is -1.55. The van der Waals surface area contributed by atoms with Gasteiger partial charge in [-0.2, -0.15) is 4.31 Å². The van der Waals surface area contributed by atoms with Crippen molar-refractivity contribution in [2.45, 2.75) is 83.5 Å². The summed E-state index contributed by atoms with van der Waals surface area (Å²) in [4.78, 5) is 30.0. The number of benzene rings is 1. The molecule has 1 amide bonds. The van der Waals surface area contributed by atoms with Crippen LogP contribution in [0, 0.1) is 11.8 Å². The quantitative estimate of drug-likeness (QED) is 0.371. The summed E-state index contributed by atoms with van der Waals surface area (Å²) in [6, 6.07) is 6.79. The molecule has 0 radical (unpaired) electrons. The Labute approximate surface area is 263 Å². The van der Waals surface area contributed by atoms with Crippen molar-refractivity contribution in [3.05, 3.63) is 47.6 Å². The van der Waals surface area contributed by atoms with Gasteiger partial charge < -0.3 is 24.4 Å². The Bertz CT molecular complexity index is 1280. The van der Waals surface area contributed by atoms with Crippen molar-refractivity contribution < 1.29 is 32.6 Å². The van der Waals surface area contributed by atoms with Crippen LogP contribution in [0.5, 0.6) is 0 Å². The van der Waals surface area contributed by atoms with E-state index in [1.54, 1.807) is 23.1 Å². The zero-order chi connectivity index (χ0) is 31.1. The van der Waals surface area contributed by atoms with Crippen molar-refractivity contribution in [3.8, 4) is 0 Å². The molecule has 1 N–H and O–H groups in total. The summed E-state index contributed by atoms with van der Waals surface area (Å²) >= 11 is 0. The van der Waals surface area contributed by atoms with Crippen LogP contribution in [0.4, 0.5) is 4.79 Å². The summed E-state index contributed by atoms with van der Waals surface area (Å²) in [5, 5.41) is 10.6. The lowest BCUT2D eigenvalue weighted by Crippen LogP contribution is -2.48. The molecule has 0 aromatic heterocycles. The molecule has 3 aliphatic rings. The van der Waals surface area contributed by atoms with Gasteiger partial charge in [0.25, 0.3) is 0 Å². The maximum Gasteiger partial charge on any atom is 0.410 e. The van der Waals surface area contributed by atoms with Gasteiger partial charge in [0.2, 0.25) is 10.0 Å². The molecule has 10 nitrogen and oxygen atoms in total. The monoisotopic (exact) mass is 633 g/mol. The zero-order valence-electron chi connectivity index (χ0n) is 25.9. The van der Waals surface area contributed by atoms with E-state index in [9.17, 15) is 23.1 Å². The molecule has 0 saturated carbocycles. The van der Waals surface area contributed by atoms with Gasteiger partial charge >= 0.3 is 12.1 Å². The normalized spacial score (nSPS) is 29.1. The Morgan fingerprint density at radius 1 is 1.05 bits per heavy atom. The van der Waals surface area contributed by atoms with Gasteiger partial charge in [0.1, 0.15) is 12.2 Å². The Morgan fingerprint density at radius 2 is 1.73 bits per heavy atom. The van der Waals surface area contributed by atoms with Crippen molar-refractivity contribution in [2.75, 3.05) is 46.3 Å². The van der Waals surface area contributed by atoms with Crippen LogP contribution in [0.15, 0.2) is 46.9 Å². The number of ether oxygens (including phenoxy) is 2. The number of nitrogens with zero attached hydrogens (tertiary/aromatic N) is 3. The second-order valence-electron chi connectivity index (χ2n) is 12.3. The maximum absolute atomic E-state index is 13.1. The van der Waals surface area contributed by atoms with Crippen LogP contribution in [0.2, 0.25) is 0 Å². The van der Waals surface area contributed by atoms with Gasteiger partial charge in [-0.15, -0.1) is 0 Å². The van der Waals surface area contributed by atoms with Crippen molar-refractivity contribution >= 4 is 28.2 Å². The number of sulfonamides is 1. The smallest absolute Gasteiger partial charge is 0.410 e. The number of aliphatic hydroxyl groups excluding tert-OH is 1. The molecular weight excluding hydrogens is 582 g/mol. The number of piperazine rings is 1. The van der Waals surface area contributed by atoms with Crippen molar-refractivity contribution in [3.63, 3.8) is 0 Å². The number of amides is 1. The maximum atomic E-state index is 13.1. The van der Waals surface area contributed by atoms with Gasteiger partial charge in [0, 0.05) is 45.2 Å². The predicted molar refractivity (Wildman–Crippen MR) is 171 cm³/mol. The molecule has 3 aliphatic heterocycles. The summed E-state index contributed by atoms with van der Waals surface area (Å²) in [6.45, 7) is 9.61. The number of esters is 1. The molecular formula is C33H51N3O7S. The fraction of sp³-hybridized carbons (Fsp3) is 0.636. The van der Waals surface area contributed by atoms with Crippen molar-refractivity contribution in [2.24, 2.45) is 11.8 Å². The first kappa shape index (κ1) is 35.7. The van der Waals surface area contributed by atoms with Crippen LogP contribution in [0.3, 0.4) is 0 Å². The van der Waals surface area contributed by atoms with E-state index in [1.165, 1.54) is 4.31 Å². The standard InChI is InChI=1S/C32H47N3O7S.CH4/c1-23-10-12-27(36)22-30(37)42-31(24(2)11-13-29(23)41-32(38)34-18-16-33(4)17-19-34)25(3)20-26-8-7-9-28(21-26)43(39,40)35-14-5-6-15-35;/h7-9,11,13,20-21,23-24,27,29,31,36H,5-6,10,12,14-19,22H2,1-4H3;1H4/b13-11+,25-20+;/t23-,24-,27+,29-,31-;/m0./s1. The lowest BCUT2D eigenvalue weighted by Gasteiger charge is -2.33. The molecule has 0 unspecified atom stereocenters. The molecule has 44 heavy (non-hydrogen) atoms. The Morgan fingerprint density at radius 3 is 2.41 bits per heavy atom. The van der Waals surface area contributed by atoms with Crippen molar-refractivity contribution in [1.29, 1.82) is 0 Å². The van der Waals surface area contributed by atoms with E-state index in [4.69, 9.17) is 9.47 Å². The topological polar surface area (TPSA) is 117 Å². The van der Waals surface area contributed by atoms with Gasteiger partial charge in [0.15, 0.2) is 0 Å². The third-order valence-corrected chi connectivity index (χ3v) is 10.6. The largest absolute Gasteiger partial charge is 0.457 e. The Kier molecular flexibility index (Phi) is 13.0. The fourth-order valence-corrected chi connectivity index (χ4v) is 7.39. The Hall–Kier alpha value is -2.73. The molecule has 0 spiro atoms. The van der Waals surface area contributed by atoms with Crippen molar-refractivity contribution in [1.82, 2.24) is 14.1 Å². The van der Waals surface area contributed by atoms with E-state index in [1.807, 2.05) is 52.1 Å². The van der Waals surface area contributed by atoms with Crippen LogP contribution in [-0.2, 0) is 24.3 Å². The van der Waals surface area contributed by atoms with Gasteiger partial charge in [-0.25, -0.2) is 13.2 Å². The Balaban J connectivity index is 0.00000529. The fourth-order valence-electron chi connectivity index (χ4n) is 5.82. The summed E-state index contributed by atoms with van der Waals surface area (Å²) in [6.07, 6.45) is 5.76. The third kappa shape index (κ3) is 9.39. The second-order valence-corrected chi connectivity index (χ2v) is 14.2. The van der Waals surface area contributed by atoms with E-state index >= 15 is 0 Å². The minimum atomic E-state index is -3.57. The van der Waals surface area contributed by atoms with Gasteiger partial charge in [0.05, 0.1) is 17.4 Å². The molecule has 1 aromatic carbocycles. The van der Waals surface area contributed by atoms with E-state index in [0.717, 1.165) is 31.5 Å². The number of cyclic esters (lactones) is 1. The van der Waals surface area contributed by atoms with Gasteiger partial charge in [-0.05, 0) is 74.9 Å². The highest BCUT2D eigenvalue weighted by Gasteiger charge is 2.30. The highest BCUT2D eigenvalue weighted by atomic mass is 32.2. The molecule has 4 rings (SSSR count). The number of rotatable bonds is 5. The molecule has 246 valence electrons. The molecule has 1 aromatic rings. The van der Waals surface area contributed by atoms with Crippen LogP contribution >= 0.6 is 0 Å². The lowest BCUT2D eigenvalue weighted by molar-refractivity contribution is -0.151. The average Bonchev–Trinajstić information content (AvgIpc) is 3.53. The first-order chi connectivity index (χ1) is 20.4. The summed E-state index contributed by atoms with van der Waals surface area (Å²) in [5.74, 6) is -0.854. The number of likely N-dealkylation sites (N-methyl/N-ethyl adjacent to an activating group) is 1. The summed E-state index contributed by atoms with van der Waals surface area (Å²) < 4.78 is 39.7. The van der Waals surface area contributed by atoms with E-state index in [2.05, 4.69) is 4.90 Å². The molecule has 2 fully saturated rings. The molecule has 5 atom stereocenters. The second kappa shape index (κ2) is 16.0. The number of hydrogen-bond acceptors (Lipinski definition) is 8. The van der Waals surface area contributed by atoms with Gasteiger partial charge in [-0.1, -0.05) is 45.6 Å². The van der Waals surface area contributed by atoms with Crippen LogP contribution in [-0.4, -0.2) is 104 Å². The van der Waals surface area contributed by atoms with E-state index < -0.39 is 34.3 Å². The van der Waals surface area contributed by atoms with Gasteiger partial charge in [-0.3, -0.25) is 4.79 Å². The van der Waals surface area contributed by atoms with E-state index in [-0.39, 0.29) is 36.7 Å². The average molecular weight is 634 g/mol. The first-order valence-electron chi connectivity index (χ1n) is 15.4. The highest BCUT2D eigenvalue weighted by molar-refractivity contribution is 7.89. The predicted octanol–water partition coefficient (Wildman–Crippen LogP) is 4.55. The van der Waals surface area contributed by atoms with E-state index in [0.29, 0.717) is 44.6 Å². The molecule has 2 saturated heterocycles. The number of carbonyl (C=O) groups excluding carboxylic acids is 2. The molecule has 0 bridgehead atoms. The van der Waals surface area contributed by atoms with Crippen LogP contribution in [0.1, 0.15) is 65.9 Å². The molecule has 3 heterocycles. The SMILES string of the molecule is C.C/C(=C\c1cccc(S(=O)(=O)N2CCCC2)c1)[C@H]1OC(=O)C[C@H](O)CC[C@H](C)[C@@H](OC(=O)N2CCN(C)CC2)/C=C/[C@@H]1C. The molecule has 0 aliphatic carbocycles. The number of carbonyl (C=O) groups is 2. The first-order valence-corrected chi connectivity index (χ1v) is 16.9. The van der Waals surface area contributed by atoms with Crippen LogP contribution in [0.25, 0.3) is 6.08 Å². The third-order valence-electron chi connectivity index (χ3n) is 8.66. The summed E-state index contributed by atoms with van der Waals surface area (Å²) in [5.41, 5.74) is 1.41. The molecule has 11 heteroatoms. The highest BCUT2D eigenvalue weighted by Crippen LogP contribution is 2.27. The minimum absolute atomic E-state index is 0. The lowest BCUT2D eigenvalue weighted by atomic mass is 9.91. The number of aliphatic hydroxyl groups is 1. The van der Waals surface area contributed by atoms with Crippen LogP contribution < -0.4 is 0 Å². The minimum Gasteiger partial charge on any atom is -0.457 e. The zero-order valence-corrected chi connectivity index (χ0v) is 26.7. The number of hydrogen-bond donors (Lipinski definition) is 1.